The van der Waals surface area contributed by atoms with E-state index in [1.165, 1.54) is 0 Å². The molecule has 0 aliphatic rings. The molecule has 0 aliphatic carbocycles. The van der Waals surface area contributed by atoms with Gasteiger partial charge in [-0.15, -0.1) is 0 Å². The van der Waals surface area contributed by atoms with Crippen molar-refractivity contribution in [2.45, 2.75) is 39.3 Å². The van der Waals surface area contributed by atoms with E-state index in [1.807, 2.05) is 12.4 Å². The molecule has 5 heteroatoms. The maximum Gasteiger partial charge on any atom is 0.242 e. The molecule has 0 unspecified atom stereocenters. The molecule has 0 atom stereocenters. The Bertz CT molecular complexity index is 397. The topological polar surface area (TPSA) is 35.5 Å². The Morgan fingerprint density at radius 1 is 0.833 bits per heavy atom. The lowest BCUT2D eigenvalue weighted by molar-refractivity contribution is 0.530. The van der Waals surface area contributed by atoms with Crippen LogP contribution in [-0.4, -0.2) is 22.9 Å². The van der Waals surface area contributed by atoms with Gasteiger partial charge in [0.15, 0.2) is 0 Å². The van der Waals surface area contributed by atoms with Gasteiger partial charge in [-0.2, -0.15) is 0 Å². The summed E-state index contributed by atoms with van der Waals surface area (Å²) in [5.41, 5.74) is 0.471. The Morgan fingerprint density at radius 2 is 1.22 bits per heavy atom. The highest BCUT2D eigenvalue weighted by Gasteiger charge is 2.20. The standard InChI is InChI=1S/C13H21O3Si2/c1-17(2,3)15-12-7-11(10-14)8-13(9-12)16-18(4,5)6/h7-9H,1-6H3. The minimum absolute atomic E-state index is 0.471. The van der Waals surface area contributed by atoms with Crippen LogP contribution in [0.2, 0.25) is 39.3 Å². The summed E-state index contributed by atoms with van der Waals surface area (Å²) in [4.78, 5) is 10.8. The van der Waals surface area contributed by atoms with Crippen molar-refractivity contribution in [1.82, 2.24) is 0 Å². The molecule has 0 N–H and O–H groups in total. The van der Waals surface area contributed by atoms with Gasteiger partial charge >= 0.3 is 0 Å². The van der Waals surface area contributed by atoms with Gasteiger partial charge in [-0.3, -0.25) is 4.79 Å². The molecule has 1 rings (SSSR count). The molecular formula is C13H21O3Si2. The van der Waals surface area contributed by atoms with E-state index < -0.39 is 16.6 Å². The summed E-state index contributed by atoms with van der Waals surface area (Å²) < 4.78 is 11.8. The summed E-state index contributed by atoms with van der Waals surface area (Å²) in [6.07, 6.45) is 1.90. The summed E-state index contributed by atoms with van der Waals surface area (Å²) in [7, 11) is -3.38. The number of hydrogen-bond donors (Lipinski definition) is 0. The third-order valence-electron chi connectivity index (χ3n) is 1.85. The normalized spacial score (nSPS) is 12.1. The average molecular weight is 281 g/mol. The first-order valence-corrected chi connectivity index (χ1v) is 12.8. The molecular weight excluding hydrogens is 260 g/mol. The smallest absolute Gasteiger partial charge is 0.242 e. The van der Waals surface area contributed by atoms with Gasteiger partial charge in [-0.1, -0.05) is 0 Å². The van der Waals surface area contributed by atoms with Crippen LogP contribution in [0.25, 0.3) is 0 Å². The molecule has 0 spiro atoms. The van der Waals surface area contributed by atoms with E-state index in [-0.39, 0.29) is 0 Å². The number of carbonyl (C=O) groups excluding carboxylic acids is 1. The minimum Gasteiger partial charge on any atom is -0.544 e. The molecule has 0 saturated heterocycles. The average Bonchev–Trinajstić information content (AvgIpc) is 2.11. The molecule has 0 aliphatic heterocycles. The van der Waals surface area contributed by atoms with E-state index in [1.54, 1.807) is 12.1 Å². The zero-order valence-electron chi connectivity index (χ0n) is 12.0. The number of hydrogen-bond acceptors (Lipinski definition) is 3. The largest absolute Gasteiger partial charge is 0.544 e. The van der Waals surface area contributed by atoms with E-state index in [0.29, 0.717) is 17.1 Å². The fourth-order valence-corrected chi connectivity index (χ4v) is 3.11. The predicted octanol–water partition coefficient (Wildman–Crippen LogP) is 3.57. The monoisotopic (exact) mass is 281 g/mol. The lowest BCUT2D eigenvalue weighted by atomic mass is 10.2. The van der Waals surface area contributed by atoms with Crippen LogP contribution >= 0.6 is 0 Å². The Morgan fingerprint density at radius 3 is 1.50 bits per heavy atom. The Balaban J connectivity index is 3.05. The Labute approximate surface area is 111 Å². The van der Waals surface area contributed by atoms with Crippen LogP contribution in [0.4, 0.5) is 0 Å². The van der Waals surface area contributed by atoms with Crippen molar-refractivity contribution in [1.29, 1.82) is 0 Å². The summed E-state index contributed by atoms with van der Waals surface area (Å²) in [6, 6.07) is 5.28. The van der Waals surface area contributed by atoms with Crippen LogP contribution in [0.5, 0.6) is 11.5 Å². The van der Waals surface area contributed by atoms with Crippen LogP contribution in [0.15, 0.2) is 18.2 Å². The van der Waals surface area contributed by atoms with Crippen molar-refractivity contribution >= 4 is 22.9 Å². The molecule has 0 amide bonds. The maximum atomic E-state index is 10.8. The zero-order valence-corrected chi connectivity index (χ0v) is 14.0. The summed E-state index contributed by atoms with van der Waals surface area (Å²) >= 11 is 0. The summed E-state index contributed by atoms with van der Waals surface area (Å²) in [5, 5.41) is 0. The van der Waals surface area contributed by atoms with Gasteiger partial charge in [0.2, 0.25) is 22.9 Å². The molecule has 1 aromatic carbocycles. The van der Waals surface area contributed by atoms with Gasteiger partial charge in [0.1, 0.15) is 11.5 Å². The quantitative estimate of drug-likeness (QED) is 0.774. The van der Waals surface area contributed by atoms with Gasteiger partial charge in [0.05, 0.1) is 0 Å². The molecule has 1 aromatic rings. The first-order chi connectivity index (χ1) is 8.09. The van der Waals surface area contributed by atoms with Crippen LogP contribution in [0, 0.1) is 0 Å². The molecule has 18 heavy (non-hydrogen) atoms. The SMILES string of the molecule is C[Si](C)(C)Oc1cc([C]=O)cc(O[Si](C)(C)C)c1. The molecule has 0 saturated carbocycles. The highest BCUT2D eigenvalue weighted by molar-refractivity contribution is 6.70. The van der Waals surface area contributed by atoms with Crippen molar-refractivity contribution in [2.24, 2.45) is 0 Å². The second-order valence-electron chi connectivity index (χ2n) is 6.22. The van der Waals surface area contributed by atoms with Crippen LogP contribution < -0.4 is 8.85 Å². The lowest BCUT2D eigenvalue weighted by Crippen LogP contribution is -2.30. The Kier molecular flexibility index (Phi) is 4.39. The molecule has 1 radical (unpaired) electrons. The third-order valence-corrected chi connectivity index (χ3v) is 3.54. The van der Waals surface area contributed by atoms with Crippen molar-refractivity contribution in [2.75, 3.05) is 0 Å². The highest BCUT2D eigenvalue weighted by atomic mass is 28.4. The zero-order chi connectivity index (χ0) is 14.0. The van der Waals surface area contributed by atoms with E-state index >= 15 is 0 Å². The molecule has 0 fully saturated rings. The minimum atomic E-state index is -1.69. The van der Waals surface area contributed by atoms with Crippen molar-refractivity contribution in [3.63, 3.8) is 0 Å². The Hall–Kier alpha value is -1.08. The van der Waals surface area contributed by atoms with E-state index in [0.717, 1.165) is 0 Å². The van der Waals surface area contributed by atoms with Gasteiger partial charge in [-0.05, 0) is 51.4 Å². The third kappa shape index (κ3) is 5.51. The van der Waals surface area contributed by atoms with E-state index in [4.69, 9.17) is 8.85 Å². The summed E-state index contributed by atoms with van der Waals surface area (Å²) in [6.45, 7) is 12.6. The van der Waals surface area contributed by atoms with Crippen LogP contribution in [0.1, 0.15) is 5.56 Å². The van der Waals surface area contributed by atoms with Crippen molar-refractivity contribution in [3.05, 3.63) is 23.8 Å². The molecule has 0 heterocycles. The highest BCUT2D eigenvalue weighted by Crippen LogP contribution is 2.26. The molecule has 0 aromatic heterocycles. The van der Waals surface area contributed by atoms with Crippen molar-refractivity contribution < 1.29 is 13.6 Å². The summed E-state index contributed by atoms with van der Waals surface area (Å²) in [5.74, 6) is 1.39. The van der Waals surface area contributed by atoms with Gasteiger partial charge in [0, 0.05) is 11.6 Å². The van der Waals surface area contributed by atoms with Gasteiger partial charge in [-0.25, -0.2) is 0 Å². The second kappa shape index (κ2) is 5.28. The fraction of sp³-hybridized carbons (Fsp3) is 0.462. The number of rotatable bonds is 5. The molecule has 0 bridgehead atoms. The second-order valence-corrected chi connectivity index (χ2v) is 15.1. The predicted molar refractivity (Wildman–Crippen MR) is 79.2 cm³/mol. The van der Waals surface area contributed by atoms with Crippen molar-refractivity contribution in [3.8, 4) is 11.5 Å². The van der Waals surface area contributed by atoms with Crippen LogP contribution in [0.3, 0.4) is 0 Å². The van der Waals surface area contributed by atoms with E-state index in [9.17, 15) is 4.79 Å². The molecule has 3 nitrogen and oxygen atoms in total. The first-order valence-electron chi connectivity index (χ1n) is 6.00. The lowest BCUT2D eigenvalue weighted by Gasteiger charge is -2.23. The van der Waals surface area contributed by atoms with Crippen LogP contribution in [-0.2, 0) is 4.79 Å². The van der Waals surface area contributed by atoms with Gasteiger partial charge < -0.3 is 8.85 Å². The molecule has 99 valence electrons. The fourth-order valence-electron chi connectivity index (χ4n) is 1.46. The van der Waals surface area contributed by atoms with Gasteiger partial charge in [0.25, 0.3) is 0 Å². The number of benzene rings is 1. The van der Waals surface area contributed by atoms with E-state index in [2.05, 4.69) is 39.3 Å². The maximum absolute atomic E-state index is 10.8. The first kappa shape index (κ1) is 15.0.